The van der Waals surface area contributed by atoms with Crippen molar-refractivity contribution in [2.45, 2.75) is 13.5 Å². The third-order valence-corrected chi connectivity index (χ3v) is 2.99. The highest BCUT2D eigenvalue weighted by Crippen LogP contribution is 2.17. The second kappa shape index (κ2) is 7.26. The number of anilines is 1. The highest BCUT2D eigenvalue weighted by Gasteiger charge is 2.13. The van der Waals surface area contributed by atoms with E-state index in [4.69, 9.17) is 9.47 Å². The smallest absolute Gasteiger partial charge is 0.340 e. The van der Waals surface area contributed by atoms with Gasteiger partial charge in [-0.1, -0.05) is 24.3 Å². The van der Waals surface area contributed by atoms with Crippen LogP contribution in [0.25, 0.3) is 0 Å². The molecular formula is C17H17NO4. The first-order valence-electron chi connectivity index (χ1n) is 6.77. The van der Waals surface area contributed by atoms with Crippen molar-refractivity contribution in [1.82, 2.24) is 0 Å². The molecule has 0 aromatic heterocycles. The molecule has 0 aliphatic heterocycles. The quantitative estimate of drug-likeness (QED) is 0.862. The minimum atomic E-state index is -0.486. The number of ether oxygens (including phenoxy) is 2. The van der Waals surface area contributed by atoms with Gasteiger partial charge in [-0.15, -0.1) is 0 Å². The van der Waals surface area contributed by atoms with Gasteiger partial charge < -0.3 is 14.8 Å². The average Bonchev–Trinajstić information content (AvgIpc) is 2.53. The molecule has 0 fully saturated rings. The number of para-hydroxylation sites is 1. The van der Waals surface area contributed by atoms with Crippen LogP contribution in [0.2, 0.25) is 0 Å². The minimum absolute atomic E-state index is 0.150. The molecule has 22 heavy (non-hydrogen) atoms. The zero-order valence-corrected chi connectivity index (χ0v) is 12.5. The summed E-state index contributed by atoms with van der Waals surface area (Å²) in [6.45, 7) is 1.54. The number of carbonyl (C=O) groups excluding carboxylic acids is 2. The first-order valence-corrected chi connectivity index (χ1v) is 6.77. The van der Waals surface area contributed by atoms with Crippen molar-refractivity contribution in [3.8, 4) is 5.75 Å². The standard InChI is InChI=1S/C17H17NO4/c1-12(19)18-16-6-4-3-5-15(16)17(20)22-11-13-7-9-14(21-2)10-8-13/h3-10H,11H2,1-2H3,(H,18,19). The normalized spacial score (nSPS) is 9.91. The van der Waals surface area contributed by atoms with Crippen LogP contribution in [0.1, 0.15) is 22.8 Å². The Kier molecular flexibility index (Phi) is 5.14. The molecule has 0 saturated carbocycles. The van der Waals surface area contributed by atoms with Crippen LogP contribution in [0.15, 0.2) is 48.5 Å². The molecule has 114 valence electrons. The number of hydrogen-bond donors (Lipinski definition) is 1. The average molecular weight is 299 g/mol. The van der Waals surface area contributed by atoms with Gasteiger partial charge in [-0.3, -0.25) is 4.79 Å². The molecule has 0 saturated heterocycles. The lowest BCUT2D eigenvalue weighted by Crippen LogP contribution is -2.12. The molecule has 0 unspecified atom stereocenters. The Morgan fingerprint density at radius 1 is 1.05 bits per heavy atom. The molecule has 0 bridgehead atoms. The van der Waals surface area contributed by atoms with E-state index in [2.05, 4.69) is 5.32 Å². The zero-order valence-electron chi connectivity index (χ0n) is 12.5. The van der Waals surface area contributed by atoms with Gasteiger partial charge in [0.2, 0.25) is 5.91 Å². The number of amides is 1. The maximum atomic E-state index is 12.1. The van der Waals surface area contributed by atoms with Crippen LogP contribution >= 0.6 is 0 Å². The molecule has 0 heterocycles. The molecule has 0 aliphatic carbocycles. The van der Waals surface area contributed by atoms with E-state index in [-0.39, 0.29) is 12.5 Å². The first kappa shape index (κ1) is 15.6. The lowest BCUT2D eigenvalue weighted by molar-refractivity contribution is -0.114. The molecule has 0 aliphatic rings. The predicted octanol–water partition coefficient (Wildman–Crippen LogP) is 3.01. The highest BCUT2D eigenvalue weighted by atomic mass is 16.5. The summed E-state index contributed by atoms with van der Waals surface area (Å²) >= 11 is 0. The summed E-state index contributed by atoms with van der Waals surface area (Å²) in [6, 6.07) is 14.0. The maximum Gasteiger partial charge on any atom is 0.340 e. The lowest BCUT2D eigenvalue weighted by atomic mass is 10.1. The number of rotatable bonds is 5. The van der Waals surface area contributed by atoms with Crippen LogP contribution in [0.5, 0.6) is 5.75 Å². The third-order valence-electron chi connectivity index (χ3n) is 2.99. The van der Waals surface area contributed by atoms with Crippen LogP contribution < -0.4 is 10.1 Å². The molecular weight excluding hydrogens is 282 g/mol. The van der Waals surface area contributed by atoms with Crippen molar-refractivity contribution in [1.29, 1.82) is 0 Å². The van der Waals surface area contributed by atoms with Gasteiger partial charge in [-0.05, 0) is 29.8 Å². The molecule has 1 N–H and O–H groups in total. The summed E-state index contributed by atoms with van der Waals surface area (Å²) in [7, 11) is 1.59. The van der Waals surface area contributed by atoms with E-state index in [1.165, 1.54) is 6.92 Å². The highest BCUT2D eigenvalue weighted by molar-refractivity contribution is 6.00. The lowest BCUT2D eigenvalue weighted by Gasteiger charge is -2.10. The number of benzene rings is 2. The van der Waals surface area contributed by atoms with Gasteiger partial charge in [0.1, 0.15) is 12.4 Å². The van der Waals surface area contributed by atoms with Crippen LogP contribution in [0.4, 0.5) is 5.69 Å². The monoisotopic (exact) mass is 299 g/mol. The fraction of sp³-hybridized carbons (Fsp3) is 0.176. The number of esters is 1. The number of nitrogens with one attached hydrogen (secondary N) is 1. The topological polar surface area (TPSA) is 64.6 Å². The Balaban J connectivity index is 2.04. The van der Waals surface area contributed by atoms with Gasteiger partial charge in [0.15, 0.2) is 0 Å². The van der Waals surface area contributed by atoms with Crippen LogP contribution in [0, 0.1) is 0 Å². The number of hydrogen-bond acceptors (Lipinski definition) is 4. The van der Waals surface area contributed by atoms with Crippen molar-refractivity contribution >= 4 is 17.6 Å². The van der Waals surface area contributed by atoms with E-state index < -0.39 is 5.97 Å². The van der Waals surface area contributed by atoms with Crippen molar-refractivity contribution in [2.75, 3.05) is 12.4 Å². The molecule has 2 aromatic rings. The van der Waals surface area contributed by atoms with Gasteiger partial charge in [0.05, 0.1) is 18.4 Å². The van der Waals surface area contributed by atoms with E-state index in [1.54, 1.807) is 43.5 Å². The van der Waals surface area contributed by atoms with Crippen LogP contribution in [0.3, 0.4) is 0 Å². The Morgan fingerprint density at radius 3 is 2.36 bits per heavy atom. The fourth-order valence-electron chi connectivity index (χ4n) is 1.91. The van der Waals surface area contributed by atoms with Gasteiger partial charge in [0, 0.05) is 6.92 Å². The SMILES string of the molecule is COc1ccc(COC(=O)c2ccccc2NC(C)=O)cc1. The van der Waals surface area contributed by atoms with Crippen LogP contribution in [-0.4, -0.2) is 19.0 Å². The Hall–Kier alpha value is -2.82. The summed E-state index contributed by atoms with van der Waals surface area (Å²) in [5.74, 6) is 0.0154. The van der Waals surface area contributed by atoms with Gasteiger partial charge in [0.25, 0.3) is 0 Å². The summed E-state index contributed by atoms with van der Waals surface area (Å²) in [5.41, 5.74) is 1.62. The van der Waals surface area contributed by atoms with Crippen LogP contribution in [-0.2, 0) is 16.1 Å². The fourth-order valence-corrected chi connectivity index (χ4v) is 1.91. The second-order valence-electron chi connectivity index (χ2n) is 4.65. The summed E-state index contributed by atoms with van der Waals surface area (Å²) < 4.78 is 10.3. The number of carbonyl (C=O) groups is 2. The molecule has 5 nitrogen and oxygen atoms in total. The summed E-state index contributed by atoms with van der Waals surface area (Å²) in [4.78, 5) is 23.3. The largest absolute Gasteiger partial charge is 0.497 e. The predicted molar refractivity (Wildman–Crippen MR) is 82.9 cm³/mol. The number of methoxy groups -OCH3 is 1. The van der Waals surface area contributed by atoms with Crippen molar-refractivity contribution in [2.24, 2.45) is 0 Å². The van der Waals surface area contributed by atoms with E-state index in [0.717, 1.165) is 11.3 Å². The van der Waals surface area contributed by atoms with E-state index in [9.17, 15) is 9.59 Å². The third kappa shape index (κ3) is 4.09. The van der Waals surface area contributed by atoms with Crippen molar-refractivity contribution < 1.29 is 19.1 Å². The van der Waals surface area contributed by atoms with Gasteiger partial charge >= 0.3 is 5.97 Å². The molecule has 2 aromatic carbocycles. The summed E-state index contributed by atoms with van der Waals surface area (Å²) in [5, 5.41) is 2.61. The Bertz CT molecular complexity index is 665. The Labute approximate surface area is 128 Å². The maximum absolute atomic E-state index is 12.1. The molecule has 0 atom stereocenters. The molecule has 0 radical (unpaired) electrons. The van der Waals surface area contributed by atoms with E-state index in [0.29, 0.717) is 11.3 Å². The van der Waals surface area contributed by atoms with E-state index in [1.807, 2.05) is 12.1 Å². The molecule has 0 spiro atoms. The van der Waals surface area contributed by atoms with Gasteiger partial charge in [-0.2, -0.15) is 0 Å². The zero-order chi connectivity index (χ0) is 15.9. The molecule has 5 heteroatoms. The van der Waals surface area contributed by atoms with E-state index >= 15 is 0 Å². The molecule has 2 rings (SSSR count). The van der Waals surface area contributed by atoms with Crippen molar-refractivity contribution in [3.05, 3.63) is 59.7 Å². The summed E-state index contributed by atoms with van der Waals surface area (Å²) in [6.07, 6.45) is 0. The first-order chi connectivity index (χ1) is 10.6. The molecule has 1 amide bonds. The Morgan fingerprint density at radius 2 is 1.73 bits per heavy atom. The van der Waals surface area contributed by atoms with Crippen molar-refractivity contribution in [3.63, 3.8) is 0 Å². The minimum Gasteiger partial charge on any atom is -0.497 e. The second-order valence-corrected chi connectivity index (χ2v) is 4.65. The van der Waals surface area contributed by atoms with Gasteiger partial charge in [-0.25, -0.2) is 4.79 Å².